The van der Waals surface area contributed by atoms with E-state index < -0.39 is 0 Å². The van der Waals surface area contributed by atoms with E-state index in [1.165, 1.54) is 0 Å². The fourth-order valence-electron chi connectivity index (χ4n) is 2.94. The van der Waals surface area contributed by atoms with Crippen LogP contribution in [0.5, 0.6) is 0 Å². The van der Waals surface area contributed by atoms with Crippen LogP contribution in [0.4, 0.5) is 5.69 Å². The molecule has 0 spiro atoms. The summed E-state index contributed by atoms with van der Waals surface area (Å²) < 4.78 is 0. The topological polar surface area (TPSA) is 73.5 Å². The van der Waals surface area contributed by atoms with Crippen molar-refractivity contribution < 1.29 is 9.59 Å². The molecule has 1 fully saturated rings. The Morgan fingerprint density at radius 3 is 2.44 bits per heavy atom. The molecule has 0 radical (unpaired) electrons. The van der Waals surface area contributed by atoms with Gasteiger partial charge in [0.25, 0.3) is 11.8 Å². The van der Waals surface area contributed by atoms with Gasteiger partial charge in [-0.25, -0.2) is 0 Å². The van der Waals surface area contributed by atoms with Crippen molar-refractivity contribution >= 4 is 29.1 Å². The number of amides is 2. The number of hydrogen-bond acceptors (Lipinski definition) is 4. The third kappa shape index (κ3) is 5.53. The summed E-state index contributed by atoms with van der Waals surface area (Å²) in [5.41, 5.74) is 1.41. The van der Waals surface area contributed by atoms with Gasteiger partial charge in [-0.2, -0.15) is 0 Å². The van der Waals surface area contributed by atoms with E-state index in [0.29, 0.717) is 28.4 Å². The summed E-state index contributed by atoms with van der Waals surface area (Å²) in [7, 11) is 0. The maximum atomic E-state index is 12.6. The lowest BCUT2D eigenvalue weighted by molar-refractivity contribution is 0.0948. The fraction of sp³-hybridized carbons (Fsp3) is 0.300. The minimum Gasteiger partial charge on any atom is -0.351 e. The highest BCUT2D eigenvalue weighted by Gasteiger charge is 2.15. The Bertz CT molecular complexity index is 789. The molecule has 7 heteroatoms. The molecule has 3 N–H and O–H groups in total. The van der Waals surface area contributed by atoms with Gasteiger partial charge in [-0.1, -0.05) is 23.7 Å². The summed E-state index contributed by atoms with van der Waals surface area (Å²) in [6.07, 6.45) is 0. The first-order valence-electron chi connectivity index (χ1n) is 9.01. The van der Waals surface area contributed by atoms with Crippen molar-refractivity contribution in [2.24, 2.45) is 0 Å². The number of carbonyl (C=O) groups is 2. The Balaban J connectivity index is 1.59. The second-order valence-corrected chi connectivity index (χ2v) is 6.79. The van der Waals surface area contributed by atoms with Crippen LogP contribution in [0, 0.1) is 0 Å². The van der Waals surface area contributed by atoms with E-state index in [1.807, 2.05) is 0 Å². The molecule has 1 saturated heterocycles. The third-order valence-electron chi connectivity index (χ3n) is 4.45. The van der Waals surface area contributed by atoms with Gasteiger partial charge in [-0.05, 0) is 36.4 Å². The molecule has 2 aromatic carbocycles. The fourth-order valence-corrected chi connectivity index (χ4v) is 3.07. The number of rotatable bonds is 6. The van der Waals surface area contributed by atoms with Crippen LogP contribution in [0.1, 0.15) is 20.7 Å². The highest BCUT2D eigenvalue weighted by Crippen LogP contribution is 2.17. The molecule has 0 aliphatic carbocycles. The number of benzene rings is 2. The van der Waals surface area contributed by atoms with Crippen LogP contribution in [0.2, 0.25) is 5.02 Å². The van der Waals surface area contributed by atoms with E-state index in [-0.39, 0.29) is 11.8 Å². The lowest BCUT2D eigenvalue weighted by Crippen LogP contribution is -2.46. The lowest BCUT2D eigenvalue weighted by atomic mass is 10.1. The van der Waals surface area contributed by atoms with Crippen molar-refractivity contribution in [1.82, 2.24) is 15.5 Å². The van der Waals surface area contributed by atoms with Gasteiger partial charge in [-0.3, -0.25) is 14.5 Å². The number of halogens is 1. The molecule has 2 amide bonds. The van der Waals surface area contributed by atoms with E-state index in [4.69, 9.17) is 11.6 Å². The van der Waals surface area contributed by atoms with E-state index in [2.05, 4.69) is 20.9 Å². The van der Waals surface area contributed by atoms with Crippen molar-refractivity contribution in [3.05, 3.63) is 64.7 Å². The zero-order chi connectivity index (χ0) is 19.1. The number of nitrogens with one attached hydrogen (secondary N) is 3. The van der Waals surface area contributed by atoms with Crippen LogP contribution in [0.25, 0.3) is 0 Å². The predicted molar refractivity (Wildman–Crippen MR) is 107 cm³/mol. The van der Waals surface area contributed by atoms with Crippen LogP contribution in [0.3, 0.4) is 0 Å². The number of para-hydroxylation sites is 1. The van der Waals surface area contributed by atoms with Gasteiger partial charge in [0.1, 0.15) is 0 Å². The molecule has 142 valence electrons. The van der Waals surface area contributed by atoms with Crippen molar-refractivity contribution in [3.63, 3.8) is 0 Å². The lowest BCUT2D eigenvalue weighted by Gasteiger charge is -2.27. The van der Waals surface area contributed by atoms with Gasteiger partial charge in [0.05, 0.1) is 11.3 Å². The molecule has 27 heavy (non-hydrogen) atoms. The van der Waals surface area contributed by atoms with Crippen molar-refractivity contribution in [1.29, 1.82) is 0 Å². The number of nitrogens with zero attached hydrogens (tertiary/aromatic N) is 1. The molecule has 1 aliphatic heterocycles. The quantitative estimate of drug-likeness (QED) is 0.711. The number of piperazine rings is 1. The molecule has 2 aromatic rings. The monoisotopic (exact) mass is 386 g/mol. The average Bonchev–Trinajstić information content (AvgIpc) is 2.69. The van der Waals surface area contributed by atoms with Gasteiger partial charge in [0.15, 0.2) is 0 Å². The minimum absolute atomic E-state index is 0.197. The number of carbonyl (C=O) groups excluding carboxylic acids is 2. The van der Waals surface area contributed by atoms with Crippen molar-refractivity contribution in [3.8, 4) is 0 Å². The highest BCUT2D eigenvalue weighted by molar-refractivity contribution is 6.30. The van der Waals surface area contributed by atoms with E-state index >= 15 is 0 Å². The van der Waals surface area contributed by atoms with Crippen LogP contribution >= 0.6 is 11.6 Å². The van der Waals surface area contributed by atoms with Crippen LogP contribution < -0.4 is 16.0 Å². The summed E-state index contributed by atoms with van der Waals surface area (Å²) in [5.74, 6) is -0.482. The first-order chi connectivity index (χ1) is 13.1. The van der Waals surface area contributed by atoms with Gasteiger partial charge in [0.2, 0.25) is 0 Å². The van der Waals surface area contributed by atoms with Crippen molar-refractivity contribution in [2.45, 2.75) is 0 Å². The largest absolute Gasteiger partial charge is 0.351 e. The van der Waals surface area contributed by atoms with Crippen LogP contribution in [-0.4, -0.2) is 56.0 Å². The first kappa shape index (κ1) is 19.4. The average molecular weight is 387 g/mol. The van der Waals surface area contributed by atoms with Gasteiger partial charge in [-0.15, -0.1) is 0 Å². The second-order valence-electron chi connectivity index (χ2n) is 6.35. The molecule has 0 unspecified atom stereocenters. The maximum Gasteiger partial charge on any atom is 0.255 e. The third-order valence-corrected chi connectivity index (χ3v) is 4.70. The van der Waals surface area contributed by atoms with Crippen LogP contribution in [0.15, 0.2) is 48.5 Å². The number of anilines is 1. The van der Waals surface area contributed by atoms with Gasteiger partial charge >= 0.3 is 0 Å². The van der Waals surface area contributed by atoms with Gasteiger partial charge in [0, 0.05) is 49.9 Å². The molecule has 6 nitrogen and oxygen atoms in total. The molecule has 0 saturated carbocycles. The minimum atomic E-state index is -0.285. The SMILES string of the molecule is O=C(Nc1ccccc1C(=O)NCCN1CCNCC1)c1ccc(Cl)cc1. The summed E-state index contributed by atoms with van der Waals surface area (Å²) in [5, 5.41) is 9.61. The Morgan fingerprint density at radius 2 is 1.70 bits per heavy atom. The molecular formula is C20H23ClN4O2. The summed E-state index contributed by atoms with van der Waals surface area (Å²) in [6, 6.07) is 13.6. The second kappa shape index (κ2) is 9.50. The maximum absolute atomic E-state index is 12.6. The summed E-state index contributed by atoms with van der Waals surface area (Å²) >= 11 is 5.86. The molecular weight excluding hydrogens is 364 g/mol. The van der Waals surface area contributed by atoms with E-state index in [1.54, 1.807) is 48.5 Å². The molecule has 0 aromatic heterocycles. The predicted octanol–water partition coefficient (Wildman–Crippen LogP) is 2.23. The molecule has 0 bridgehead atoms. The zero-order valence-electron chi connectivity index (χ0n) is 15.0. The summed E-state index contributed by atoms with van der Waals surface area (Å²) in [6.45, 7) is 5.32. The standard InChI is InChI=1S/C20H23ClN4O2/c21-16-7-5-15(6-8-16)19(26)24-18-4-2-1-3-17(18)20(27)23-11-14-25-12-9-22-10-13-25/h1-8,22H,9-14H2,(H,23,27)(H,24,26). The van der Waals surface area contributed by atoms with E-state index in [0.717, 1.165) is 32.7 Å². The molecule has 0 atom stereocenters. The van der Waals surface area contributed by atoms with Crippen LogP contribution in [-0.2, 0) is 0 Å². The van der Waals surface area contributed by atoms with Gasteiger partial charge < -0.3 is 16.0 Å². The Hall–Kier alpha value is -2.41. The number of hydrogen-bond donors (Lipinski definition) is 3. The normalized spacial score (nSPS) is 14.6. The Morgan fingerprint density at radius 1 is 1.00 bits per heavy atom. The zero-order valence-corrected chi connectivity index (χ0v) is 15.8. The van der Waals surface area contributed by atoms with E-state index in [9.17, 15) is 9.59 Å². The Kier molecular flexibility index (Phi) is 6.81. The molecule has 1 heterocycles. The smallest absolute Gasteiger partial charge is 0.255 e. The Labute approximate surface area is 163 Å². The first-order valence-corrected chi connectivity index (χ1v) is 9.38. The molecule has 3 rings (SSSR count). The van der Waals surface area contributed by atoms with Crippen molar-refractivity contribution in [2.75, 3.05) is 44.6 Å². The highest BCUT2D eigenvalue weighted by atomic mass is 35.5. The summed E-state index contributed by atoms with van der Waals surface area (Å²) in [4.78, 5) is 27.3. The molecule has 1 aliphatic rings.